The lowest BCUT2D eigenvalue weighted by molar-refractivity contribution is -0.0200. The highest BCUT2D eigenvalue weighted by molar-refractivity contribution is 4.45. The first-order chi connectivity index (χ1) is 7.20. The Morgan fingerprint density at radius 2 is 1.13 bits per heavy atom. The predicted molar refractivity (Wildman–Crippen MR) is 62.2 cm³/mol. The van der Waals surface area contributed by atoms with Crippen molar-refractivity contribution in [2.24, 2.45) is 0 Å². The highest BCUT2D eigenvalue weighted by Gasteiger charge is 1.99. The second-order valence-electron chi connectivity index (χ2n) is 3.79. The summed E-state index contributed by atoms with van der Waals surface area (Å²) in [6, 6.07) is 0. The third-order valence-corrected chi connectivity index (χ3v) is 2.41. The van der Waals surface area contributed by atoms with Gasteiger partial charge in [0.2, 0.25) is 0 Å². The molecular formula is C12H26O3. The Morgan fingerprint density at radius 1 is 0.733 bits per heavy atom. The van der Waals surface area contributed by atoms with E-state index in [0.29, 0.717) is 38.6 Å². The predicted octanol–water partition coefficient (Wildman–Crippen LogP) is 2.63. The van der Waals surface area contributed by atoms with Crippen LogP contribution in [-0.2, 0) is 14.2 Å². The molecule has 2 unspecified atom stereocenters. The van der Waals surface area contributed by atoms with Gasteiger partial charge in [-0.1, -0.05) is 13.8 Å². The normalized spacial score (nSPS) is 15.2. The summed E-state index contributed by atoms with van der Waals surface area (Å²) < 4.78 is 16.3. The van der Waals surface area contributed by atoms with Gasteiger partial charge in [0.05, 0.1) is 38.6 Å². The summed E-state index contributed by atoms with van der Waals surface area (Å²) in [7, 11) is 0. The quantitative estimate of drug-likeness (QED) is 0.528. The maximum absolute atomic E-state index is 5.47. The summed E-state index contributed by atoms with van der Waals surface area (Å²) in [5, 5.41) is 0. The lowest BCUT2D eigenvalue weighted by Gasteiger charge is -2.12. The smallest absolute Gasteiger partial charge is 0.0704 e. The van der Waals surface area contributed by atoms with Gasteiger partial charge in [0.1, 0.15) is 0 Å². The Kier molecular flexibility index (Phi) is 10.3. The molecule has 0 bridgehead atoms. The van der Waals surface area contributed by atoms with Gasteiger partial charge in [-0.15, -0.1) is 0 Å². The molecule has 3 heteroatoms. The molecule has 15 heavy (non-hydrogen) atoms. The van der Waals surface area contributed by atoms with Crippen LogP contribution in [0, 0.1) is 0 Å². The van der Waals surface area contributed by atoms with Crippen LogP contribution in [0.2, 0.25) is 0 Å². The highest BCUT2D eigenvalue weighted by Crippen LogP contribution is 1.96. The van der Waals surface area contributed by atoms with E-state index in [-0.39, 0.29) is 0 Å². The van der Waals surface area contributed by atoms with Gasteiger partial charge in [0.15, 0.2) is 0 Å². The Balaban J connectivity index is 3.05. The number of ether oxygens (including phenoxy) is 3. The maximum Gasteiger partial charge on any atom is 0.0704 e. The standard InChI is InChI=1S/C12H26O3/c1-5-11(3)14-9-7-13-8-10-15-12(4)6-2/h11-12H,5-10H2,1-4H3. The minimum absolute atomic E-state index is 0.338. The van der Waals surface area contributed by atoms with Crippen molar-refractivity contribution in [2.45, 2.75) is 52.7 Å². The van der Waals surface area contributed by atoms with Gasteiger partial charge in [0.25, 0.3) is 0 Å². The van der Waals surface area contributed by atoms with Gasteiger partial charge in [0, 0.05) is 0 Å². The Hall–Kier alpha value is -0.120. The fraction of sp³-hybridized carbons (Fsp3) is 1.00. The molecule has 2 atom stereocenters. The molecule has 0 fully saturated rings. The molecule has 0 N–H and O–H groups in total. The molecule has 0 rings (SSSR count). The summed E-state index contributed by atoms with van der Waals surface area (Å²) in [4.78, 5) is 0. The van der Waals surface area contributed by atoms with Crippen LogP contribution in [0.25, 0.3) is 0 Å². The highest BCUT2D eigenvalue weighted by atomic mass is 16.5. The summed E-state index contributed by atoms with van der Waals surface area (Å²) >= 11 is 0. The number of hydrogen-bond donors (Lipinski definition) is 0. The van der Waals surface area contributed by atoms with Gasteiger partial charge in [-0.05, 0) is 26.7 Å². The summed E-state index contributed by atoms with van der Waals surface area (Å²) in [6.45, 7) is 11.1. The van der Waals surface area contributed by atoms with Crippen molar-refractivity contribution in [3.05, 3.63) is 0 Å². The largest absolute Gasteiger partial charge is 0.377 e. The fourth-order valence-electron chi connectivity index (χ4n) is 0.954. The van der Waals surface area contributed by atoms with Gasteiger partial charge in [-0.25, -0.2) is 0 Å². The minimum Gasteiger partial charge on any atom is -0.377 e. The Labute approximate surface area is 94.1 Å². The molecule has 0 saturated heterocycles. The van der Waals surface area contributed by atoms with Crippen LogP contribution in [0.4, 0.5) is 0 Å². The molecule has 0 aromatic rings. The van der Waals surface area contributed by atoms with E-state index in [1.807, 2.05) is 0 Å². The third-order valence-electron chi connectivity index (χ3n) is 2.41. The molecule has 0 spiro atoms. The van der Waals surface area contributed by atoms with Crippen molar-refractivity contribution < 1.29 is 14.2 Å². The first-order valence-corrected chi connectivity index (χ1v) is 6.01. The zero-order valence-corrected chi connectivity index (χ0v) is 10.6. The van der Waals surface area contributed by atoms with E-state index in [1.165, 1.54) is 0 Å². The lowest BCUT2D eigenvalue weighted by Crippen LogP contribution is -2.15. The zero-order valence-electron chi connectivity index (χ0n) is 10.6. The third kappa shape index (κ3) is 10.2. The second-order valence-corrected chi connectivity index (χ2v) is 3.79. The average molecular weight is 218 g/mol. The summed E-state index contributed by atoms with van der Waals surface area (Å²) in [5.74, 6) is 0. The second kappa shape index (κ2) is 10.4. The topological polar surface area (TPSA) is 27.7 Å². The minimum atomic E-state index is 0.338. The Bertz CT molecular complexity index is 114. The number of hydrogen-bond acceptors (Lipinski definition) is 3. The average Bonchev–Trinajstić information content (AvgIpc) is 2.26. The molecule has 3 nitrogen and oxygen atoms in total. The molecule has 0 aromatic carbocycles. The van der Waals surface area contributed by atoms with Gasteiger partial charge >= 0.3 is 0 Å². The van der Waals surface area contributed by atoms with Crippen LogP contribution in [-0.4, -0.2) is 38.6 Å². The van der Waals surface area contributed by atoms with E-state index in [4.69, 9.17) is 14.2 Å². The van der Waals surface area contributed by atoms with E-state index in [1.54, 1.807) is 0 Å². The lowest BCUT2D eigenvalue weighted by atomic mass is 10.3. The van der Waals surface area contributed by atoms with Crippen molar-refractivity contribution in [1.29, 1.82) is 0 Å². The van der Waals surface area contributed by atoms with Crippen molar-refractivity contribution in [3.63, 3.8) is 0 Å². The van der Waals surface area contributed by atoms with Crippen LogP contribution in [0.15, 0.2) is 0 Å². The van der Waals surface area contributed by atoms with Crippen LogP contribution in [0.1, 0.15) is 40.5 Å². The van der Waals surface area contributed by atoms with Gasteiger partial charge in [-0.2, -0.15) is 0 Å². The van der Waals surface area contributed by atoms with Crippen LogP contribution in [0.5, 0.6) is 0 Å². The van der Waals surface area contributed by atoms with E-state index >= 15 is 0 Å². The molecule has 0 amide bonds. The monoisotopic (exact) mass is 218 g/mol. The van der Waals surface area contributed by atoms with E-state index in [0.717, 1.165) is 12.8 Å². The molecule has 0 aliphatic carbocycles. The first kappa shape index (κ1) is 14.9. The van der Waals surface area contributed by atoms with E-state index < -0.39 is 0 Å². The molecule has 0 aliphatic rings. The Morgan fingerprint density at radius 3 is 1.47 bits per heavy atom. The van der Waals surface area contributed by atoms with Crippen LogP contribution < -0.4 is 0 Å². The maximum atomic E-state index is 5.47. The van der Waals surface area contributed by atoms with Crippen molar-refractivity contribution in [1.82, 2.24) is 0 Å². The van der Waals surface area contributed by atoms with Crippen molar-refractivity contribution in [3.8, 4) is 0 Å². The van der Waals surface area contributed by atoms with Crippen LogP contribution >= 0.6 is 0 Å². The number of rotatable bonds is 10. The van der Waals surface area contributed by atoms with Crippen LogP contribution in [0.3, 0.4) is 0 Å². The van der Waals surface area contributed by atoms with Crippen molar-refractivity contribution in [2.75, 3.05) is 26.4 Å². The van der Waals surface area contributed by atoms with Gasteiger partial charge < -0.3 is 14.2 Å². The van der Waals surface area contributed by atoms with E-state index in [2.05, 4.69) is 27.7 Å². The molecule has 0 heterocycles. The fourth-order valence-corrected chi connectivity index (χ4v) is 0.954. The van der Waals surface area contributed by atoms with Gasteiger partial charge in [-0.3, -0.25) is 0 Å². The summed E-state index contributed by atoms with van der Waals surface area (Å²) in [5.41, 5.74) is 0. The molecule has 0 radical (unpaired) electrons. The first-order valence-electron chi connectivity index (χ1n) is 6.01. The summed E-state index contributed by atoms with van der Waals surface area (Å²) in [6.07, 6.45) is 2.78. The van der Waals surface area contributed by atoms with E-state index in [9.17, 15) is 0 Å². The zero-order chi connectivity index (χ0) is 11.5. The molecular weight excluding hydrogens is 192 g/mol. The SMILES string of the molecule is CCC(C)OCCOCCOC(C)CC. The van der Waals surface area contributed by atoms with Crippen molar-refractivity contribution >= 4 is 0 Å². The molecule has 0 aromatic heterocycles. The molecule has 0 saturated carbocycles. The molecule has 92 valence electrons. The molecule has 0 aliphatic heterocycles.